The number of rotatable bonds is 8. The molecule has 152 valence electrons. The molecule has 0 atom stereocenters. The lowest BCUT2D eigenvalue weighted by Crippen LogP contribution is -2.24. The maximum absolute atomic E-state index is 12.1. The van der Waals surface area contributed by atoms with Crippen molar-refractivity contribution in [3.05, 3.63) is 59.4 Å². The van der Waals surface area contributed by atoms with Gasteiger partial charge in [0.05, 0.1) is 11.5 Å². The summed E-state index contributed by atoms with van der Waals surface area (Å²) in [5.41, 5.74) is 1.44. The number of carbonyl (C=O) groups excluding carboxylic acids is 1. The van der Waals surface area contributed by atoms with Crippen LogP contribution in [0.1, 0.15) is 55.4 Å². The normalized spacial score (nSPS) is 12.0. The van der Waals surface area contributed by atoms with E-state index in [1.54, 1.807) is 45.0 Å². The molecule has 0 bridgehead atoms. The summed E-state index contributed by atoms with van der Waals surface area (Å²) in [6, 6.07) is 11.8. The fourth-order valence-corrected chi connectivity index (χ4v) is 3.36. The van der Waals surface area contributed by atoms with Gasteiger partial charge in [-0.25, -0.2) is 9.78 Å². The average molecular weight is 406 g/mol. The maximum Gasteiger partial charge on any atom is 0.357 e. The Hall–Kier alpha value is -2.25. The van der Waals surface area contributed by atoms with Crippen molar-refractivity contribution in [1.82, 2.24) is 4.98 Å². The molecule has 0 aliphatic heterocycles. The third-order valence-electron chi connectivity index (χ3n) is 3.79. The Labute approximate surface area is 167 Å². The second-order valence-corrected chi connectivity index (χ2v) is 9.18. The molecule has 2 aromatic rings. The van der Waals surface area contributed by atoms with Crippen LogP contribution >= 0.6 is 0 Å². The average Bonchev–Trinajstić information content (AvgIpc) is 2.60. The van der Waals surface area contributed by atoms with E-state index < -0.39 is 21.7 Å². The topological polar surface area (TPSA) is 82.6 Å². The van der Waals surface area contributed by atoms with Crippen molar-refractivity contribution in [2.75, 3.05) is 6.61 Å². The van der Waals surface area contributed by atoms with Gasteiger partial charge in [0.2, 0.25) is 0 Å². The highest BCUT2D eigenvalue weighted by Crippen LogP contribution is 2.15. The van der Waals surface area contributed by atoms with Crippen molar-refractivity contribution in [1.29, 1.82) is 0 Å². The van der Waals surface area contributed by atoms with Crippen LogP contribution in [-0.4, -0.2) is 31.6 Å². The summed E-state index contributed by atoms with van der Waals surface area (Å²) in [6.45, 7) is 7.41. The first-order chi connectivity index (χ1) is 13.1. The Morgan fingerprint density at radius 1 is 1.04 bits per heavy atom. The van der Waals surface area contributed by atoms with E-state index in [-0.39, 0.29) is 17.2 Å². The summed E-state index contributed by atoms with van der Waals surface area (Å²) in [5.74, 6) is -0.457. The highest BCUT2D eigenvalue weighted by Gasteiger charge is 2.19. The molecule has 0 amide bonds. The zero-order valence-corrected chi connectivity index (χ0v) is 17.6. The van der Waals surface area contributed by atoms with Gasteiger partial charge in [0.1, 0.15) is 11.3 Å². The first-order valence-corrected chi connectivity index (χ1v) is 10.6. The summed E-state index contributed by atoms with van der Waals surface area (Å²) < 4.78 is 34.7. The van der Waals surface area contributed by atoms with Crippen molar-refractivity contribution in [3.63, 3.8) is 0 Å². The van der Waals surface area contributed by atoms with Crippen molar-refractivity contribution < 1.29 is 22.1 Å². The highest BCUT2D eigenvalue weighted by molar-refractivity contribution is 7.86. The van der Waals surface area contributed by atoms with Crippen LogP contribution in [0.5, 0.6) is 0 Å². The number of carbonyl (C=O) groups is 1. The van der Waals surface area contributed by atoms with E-state index in [0.29, 0.717) is 19.3 Å². The van der Waals surface area contributed by atoms with E-state index >= 15 is 0 Å². The molecule has 0 fully saturated rings. The number of nitrogens with zero attached hydrogens (tertiary/aromatic N) is 1. The number of aromatic nitrogens is 1. The largest absolute Gasteiger partial charge is 0.455 e. The Morgan fingerprint density at radius 3 is 2.36 bits per heavy atom. The molecular formula is C21H27NO5S. The standard InChI is InChI=1S/C21H27NO5S/c1-16-11-13-18(14-12-16)28(24,25)26-15-6-5-8-17-9-7-10-19(22-17)20(23)27-21(2,3)4/h7,9-14H,5-6,8,15H2,1-4H3. The number of ether oxygens (including phenoxy) is 1. The zero-order chi connectivity index (χ0) is 20.8. The van der Waals surface area contributed by atoms with Crippen molar-refractivity contribution in [2.45, 2.75) is 57.5 Å². The molecule has 0 spiro atoms. The number of hydrogen-bond donors (Lipinski definition) is 0. The lowest BCUT2D eigenvalue weighted by atomic mass is 10.1. The maximum atomic E-state index is 12.1. The molecule has 6 nitrogen and oxygen atoms in total. The van der Waals surface area contributed by atoms with Gasteiger partial charge in [-0.05, 0) is 71.2 Å². The van der Waals surface area contributed by atoms with Crippen molar-refractivity contribution in [3.8, 4) is 0 Å². The second kappa shape index (κ2) is 9.30. The lowest BCUT2D eigenvalue weighted by Gasteiger charge is -2.19. The van der Waals surface area contributed by atoms with Gasteiger partial charge in [-0.2, -0.15) is 8.42 Å². The van der Waals surface area contributed by atoms with Gasteiger partial charge in [0, 0.05) is 5.69 Å². The van der Waals surface area contributed by atoms with Gasteiger partial charge in [-0.15, -0.1) is 0 Å². The van der Waals surface area contributed by atoms with Gasteiger partial charge in [0.25, 0.3) is 10.1 Å². The number of aryl methyl sites for hydroxylation is 2. The lowest BCUT2D eigenvalue weighted by molar-refractivity contribution is 0.00624. The van der Waals surface area contributed by atoms with Crippen LogP contribution < -0.4 is 0 Å². The molecule has 7 heteroatoms. The Bertz CT molecular complexity index is 899. The number of hydrogen-bond acceptors (Lipinski definition) is 6. The number of benzene rings is 1. The van der Waals surface area contributed by atoms with E-state index in [2.05, 4.69) is 4.98 Å². The molecule has 0 aliphatic rings. The molecule has 1 aromatic heterocycles. The molecule has 28 heavy (non-hydrogen) atoms. The second-order valence-electron chi connectivity index (χ2n) is 7.56. The monoisotopic (exact) mass is 405 g/mol. The van der Waals surface area contributed by atoms with Crippen LogP contribution in [0.25, 0.3) is 0 Å². The highest BCUT2D eigenvalue weighted by atomic mass is 32.2. The van der Waals surface area contributed by atoms with Gasteiger partial charge < -0.3 is 4.74 Å². The summed E-state index contributed by atoms with van der Waals surface area (Å²) >= 11 is 0. The van der Waals surface area contributed by atoms with Crippen molar-refractivity contribution >= 4 is 16.1 Å². The summed E-state index contributed by atoms with van der Waals surface area (Å²) in [7, 11) is -3.73. The van der Waals surface area contributed by atoms with E-state index in [1.807, 2.05) is 13.0 Å². The van der Waals surface area contributed by atoms with Crippen LogP contribution in [0.3, 0.4) is 0 Å². The van der Waals surface area contributed by atoms with E-state index in [9.17, 15) is 13.2 Å². The van der Waals surface area contributed by atoms with Crippen molar-refractivity contribution in [2.24, 2.45) is 0 Å². The molecule has 0 saturated heterocycles. The smallest absolute Gasteiger partial charge is 0.357 e. The minimum Gasteiger partial charge on any atom is -0.455 e. The van der Waals surface area contributed by atoms with Crippen LogP contribution in [0.4, 0.5) is 0 Å². The van der Waals surface area contributed by atoms with Gasteiger partial charge >= 0.3 is 5.97 Å². The first-order valence-electron chi connectivity index (χ1n) is 9.22. The predicted octanol–water partition coefficient (Wildman–Crippen LogP) is 4.07. The molecule has 0 unspecified atom stereocenters. The Morgan fingerprint density at radius 2 is 1.71 bits per heavy atom. The fraction of sp³-hybridized carbons (Fsp3) is 0.429. The van der Waals surface area contributed by atoms with Crippen LogP contribution in [0.15, 0.2) is 47.4 Å². The van der Waals surface area contributed by atoms with Crippen LogP contribution in [0, 0.1) is 6.92 Å². The minimum atomic E-state index is -3.73. The zero-order valence-electron chi connectivity index (χ0n) is 16.8. The summed E-state index contributed by atoms with van der Waals surface area (Å²) in [6.07, 6.45) is 1.86. The van der Waals surface area contributed by atoms with Gasteiger partial charge in [-0.3, -0.25) is 4.18 Å². The quantitative estimate of drug-likeness (QED) is 0.374. The predicted molar refractivity (Wildman–Crippen MR) is 107 cm³/mol. The van der Waals surface area contributed by atoms with Gasteiger partial charge in [-0.1, -0.05) is 23.8 Å². The third kappa shape index (κ3) is 7.05. The molecule has 2 rings (SSSR count). The number of unbranched alkanes of at least 4 members (excludes halogenated alkanes) is 1. The third-order valence-corrected chi connectivity index (χ3v) is 5.12. The molecule has 0 aliphatic carbocycles. The fourth-order valence-electron chi connectivity index (χ4n) is 2.41. The van der Waals surface area contributed by atoms with Crippen LogP contribution in [0.2, 0.25) is 0 Å². The Kier molecular flexibility index (Phi) is 7.32. The Balaban J connectivity index is 1.81. The molecule has 1 heterocycles. The number of pyridine rings is 1. The molecule has 0 N–H and O–H groups in total. The van der Waals surface area contributed by atoms with E-state index in [0.717, 1.165) is 11.3 Å². The number of esters is 1. The van der Waals surface area contributed by atoms with Crippen LogP contribution in [-0.2, 0) is 25.5 Å². The van der Waals surface area contributed by atoms with E-state index in [1.165, 1.54) is 12.1 Å². The SMILES string of the molecule is Cc1ccc(S(=O)(=O)OCCCCc2cccc(C(=O)OC(C)(C)C)n2)cc1. The molecule has 0 radical (unpaired) electrons. The molecular weight excluding hydrogens is 378 g/mol. The van der Waals surface area contributed by atoms with Gasteiger partial charge in [0.15, 0.2) is 0 Å². The molecule has 1 aromatic carbocycles. The summed E-state index contributed by atoms with van der Waals surface area (Å²) in [4.78, 5) is 16.6. The van der Waals surface area contributed by atoms with E-state index in [4.69, 9.17) is 8.92 Å². The summed E-state index contributed by atoms with van der Waals surface area (Å²) in [5, 5.41) is 0. The minimum absolute atomic E-state index is 0.0992. The first kappa shape index (κ1) is 22.0. The molecule has 0 saturated carbocycles.